The maximum Gasteiger partial charge on any atom is 0.223 e. The standard InChI is InChI=1S/C17H11Cl2NO2/c1-9-6-11(18)7-10-8-20-13-5-3-2-4-12(13)15(21)14(19)17(20)22-16(9)10/h2-7H,8H2,1H3. The second-order valence-electron chi connectivity index (χ2n) is 5.36. The molecule has 110 valence electrons. The first kappa shape index (κ1) is 13.7. The molecule has 3 aromatic rings. The lowest BCUT2D eigenvalue weighted by atomic mass is 10.1. The van der Waals surface area contributed by atoms with Crippen LogP contribution in [-0.2, 0) is 6.54 Å². The van der Waals surface area contributed by atoms with E-state index in [0.29, 0.717) is 22.8 Å². The first-order valence-electron chi connectivity index (χ1n) is 6.84. The molecular formula is C17H11Cl2NO2. The van der Waals surface area contributed by atoms with Crippen molar-refractivity contribution in [2.45, 2.75) is 13.5 Å². The van der Waals surface area contributed by atoms with Gasteiger partial charge in [-0.1, -0.05) is 35.3 Å². The molecule has 5 heteroatoms. The molecule has 0 amide bonds. The van der Waals surface area contributed by atoms with Crippen LogP contribution >= 0.6 is 23.2 Å². The highest BCUT2D eigenvalue weighted by molar-refractivity contribution is 6.32. The molecule has 0 aliphatic carbocycles. The lowest BCUT2D eigenvalue weighted by Gasteiger charge is -2.26. The smallest absolute Gasteiger partial charge is 0.223 e. The van der Waals surface area contributed by atoms with Crippen molar-refractivity contribution < 1.29 is 4.74 Å². The van der Waals surface area contributed by atoms with Crippen LogP contribution in [0.25, 0.3) is 10.9 Å². The van der Waals surface area contributed by atoms with Gasteiger partial charge in [-0.05, 0) is 36.8 Å². The predicted molar refractivity (Wildman–Crippen MR) is 88.6 cm³/mol. The summed E-state index contributed by atoms with van der Waals surface area (Å²) in [4.78, 5) is 12.4. The lowest BCUT2D eigenvalue weighted by Crippen LogP contribution is -2.18. The van der Waals surface area contributed by atoms with Gasteiger partial charge in [0.1, 0.15) is 10.8 Å². The quantitative estimate of drug-likeness (QED) is 0.464. The van der Waals surface area contributed by atoms with E-state index in [0.717, 1.165) is 22.4 Å². The molecule has 0 unspecified atom stereocenters. The van der Waals surface area contributed by atoms with Crippen LogP contribution in [-0.4, -0.2) is 4.57 Å². The van der Waals surface area contributed by atoms with E-state index in [1.807, 2.05) is 41.8 Å². The Morgan fingerprint density at radius 3 is 2.77 bits per heavy atom. The fourth-order valence-corrected chi connectivity index (χ4v) is 3.47. The number of para-hydroxylation sites is 1. The summed E-state index contributed by atoms with van der Waals surface area (Å²) in [6.45, 7) is 2.49. The molecule has 4 rings (SSSR count). The maximum absolute atomic E-state index is 12.4. The number of ether oxygens (including phenoxy) is 1. The first-order valence-corrected chi connectivity index (χ1v) is 7.60. The van der Waals surface area contributed by atoms with Gasteiger partial charge in [0.2, 0.25) is 11.3 Å². The molecule has 0 N–H and O–H groups in total. The van der Waals surface area contributed by atoms with Crippen LogP contribution < -0.4 is 10.2 Å². The van der Waals surface area contributed by atoms with Gasteiger partial charge in [0.15, 0.2) is 0 Å². The van der Waals surface area contributed by atoms with Gasteiger partial charge in [0.05, 0.1) is 12.1 Å². The van der Waals surface area contributed by atoms with Crippen LogP contribution in [0.5, 0.6) is 11.6 Å². The third kappa shape index (κ3) is 1.86. The van der Waals surface area contributed by atoms with Gasteiger partial charge in [-0.25, -0.2) is 0 Å². The van der Waals surface area contributed by atoms with Crippen molar-refractivity contribution in [3.8, 4) is 11.6 Å². The zero-order valence-corrected chi connectivity index (χ0v) is 13.2. The Labute approximate surface area is 136 Å². The Morgan fingerprint density at radius 2 is 1.95 bits per heavy atom. The second kappa shape index (κ2) is 4.77. The number of pyridine rings is 1. The molecule has 0 saturated carbocycles. The molecule has 1 aliphatic rings. The van der Waals surface area contributed by atoms with Crippen LogP contribution in [0.1, 0.15) is 11.1 Å². The molecule has 0 spiro atoms. The zero-order chi connectivity index (χ0) is 15.4. The molecule has 2 aromatic carbocycles. The molecular weight excluding hydrogens is 321 g/mol. The van der Waals surface area contributed by atoms with Crippen LogP contribution in [0.3, 0.4) is 0 Å². The minimum atomic E-state index is -0.210. The molecule has 1 aromatic heterocycles. The van der Waals surface area contributed by atoms with Crippen molar-refractivity contribution in [3.63, 3.8) is 0 Å². The van der Waals surface area contributed by atoms with E-state index in [9.17, 15) is 4.79 Å². The van der Waals surface area contributed by atoms with E-state index >= 15 is 0 Å². The molecule has 2 heterocycles. The fourth-order valence-electron chi connectivity index (χ4n) is 2.93. The minimum absolute atomic E-state index is 0.110. The number of rotatable bonds is 0. The van der Waals surface area contributed by atoms with E-state index in [1.165, 1.54) is 0 Å². The first-order chi connectivity index (χ1) is 10.6. The third-order valence-corrected chi connectivity index (χ3v) is 4.47. The molecule has 0 atom stereocenters. The van der Waals surface area contributed by atoms with Crippen molar-refractivity contribution in [2.75, 3.05) is 0 Å². The molecule has 0 bridgehead atoms. The van der Waals surface area contributed by atoms with Gasteiger partial charge in [-0.15, -0.1) is 0 Å². The SMILES string of the molecule is Cc1cc(Cl)cc2c1Oc1c(Cl)c(=O)c3ccccc3n1C2. The van der Waals surface area contributed by atoms with Crippen molar-refractivity contribution in [2.24, 2.45) is 0 Å². The van der Waals surface area contributed by atoms with Gasteiger partial charge in [0, 0.05) is 16.0 Å². The van der Waals surface area contributed by atoms with Gasteiger partial charge in [-0.3, -0.25) is 4.79 Å². The van der Waals surface area contributed by atoms with Gasteiger partial charge < -0.3 is 9.30 Å². The van der Waals surface area contributed by atoms with E-state index in [4.69, 9.17) is 27.9 Å². The maximum atomic E-state index is 12.4. The van der Waals surface area contributed by atoms with Gasteiger partial charge >= 0.3 is 0 Å². The van der Waals surface area contributed by atoms with Crippen LogP contribution in [0.15, 0.2) is 41.2 Å². The number of fused-ring (bicyclic) bond motifs is 4. The number of aryl methyl sites for hydroxylation is 1. The van der Waals surface area contributed by atoms with Crippen LogP contribution in [0.4, 0.5) is 0 Å². The number of hydrogen-bond acceptors (Lipinski definition) is 2. The highest BCUT2D eigenvalue weighted by atomic mass is 35.5. The minimum Gasteiger partial charge on any atom is -0.438 e. The molecule has 0 radical (unpaired) electrons. The normalized spacial score (nSPS) is 12.7. The second-order valence-corrected chi connectivity index (χ2v) is 6.18. The average molecular weight is 332 g/mol. The number of aromatic nitrogens is 1. The number of nitrogens with zero attached hydrogens (tertiary/aromatic N) is 1. The summed E-state index contributed by atoms with van der Waals surface area (Å²) in [5.74, 6) is 1.12. The number of benzene rings is 2. The van der Waals surface area contributed by atoms with E-state index in [1.54, 1.807) is 6.07 Å². The van der Waals surface area contributed by atoms with E-state index in [-0.39, 0.29) is 10.5 Å². The Morgan fingerprint density at radius 1 is 1.18 bits per heavy atom. The summed E-state index contributed by atoms with van der Waals surface area (Å²) in [6.07, 6.45) is 0. The summed E-state index contributed by atoms with van der Waals surface area (Å²) in [7, 11) is 0. The summed E-state index contributed by atoms with van der Waals surface area (Å²) < 4.78 is 7.87. The summed E-state index contributed by atoms with van der Waals surface area (Å²) in [5, 5.41) is 1.36. The van der Waals surface area contributed by atoms with Crippen molar-refractivity contribution in [1.29, 1.82) is 0 Å². The Hall–Kier alpha value is -1.97. The van der Waals surface area contributed by atoms with Crippen molar-refractivity contribution in [3.05, 3.63) is 67.8 Å². The molecule has 22 heavy (non-hydrogen) atoms. The third-order valence-electron chi connectivity index (χ3n) is 3.92. The summed E-state index contributed by atoms with van der Waals surface area (Å²) in [6, 6.07) is 11.1. The topological polar surface area (TPSA) is 31.2 Å². The molecule has 0 fully saturated rings. The molecule has 1 aliphatic heterocycles. The molecule has 0 saturated heterocycles. The Balaban J connectivity index is 2.06. The van der Waals surface area contributed by atoms with Crippen LogP contribution in [0.2, 0.25) is 10.0 Å². The predicted octanol–water partition coefficient (Wildman–Crippen LogP) is 4.77. The average Bonchev–Trinajstić information content (AvgIpc) is 2.51. The lowest BCUT2D eigenvalue weighted by molar-refractivity contribution is 0.403. The summed E-state index contributed by atoms with van der Waals surface area (Å²) >= 11 is 12.4. The van der Waals surface area contributed by atoms with Gasteiger partial charge in [-0.2, -0.15) is 0 Å². The highest BCUT2D eigenvalue weighted by Gasteiger charge is 2.24. The molecule has 3 nitrogen and oxygen atoms in total. The number of halogens is 2. The summed E-state index contributed by atoms with van der Waals surface area (Å²) in [5.41, 5.74) is 2.49. The monoisotopic (exact) mass is 331 g/mol. The van der Waals surface area contributed by atoms with E-state index < -0.39 is 0 Å². The fraction of sp³-hybridized carbons (Fsp3) is 0.118. The van der Waals surface area contributed by atoms with Crippen molar-refractivity contribution in [1.82, 2.24) is 4.57 Å². The largest absolute Gasteiger partial charge is 0.438 e. The Kier molecular flexibility index (Phi) is 2.96. The van der Waals surface area contributed by atoms with Crippen molar-refractivity contribution >= 4 is 34.1 Å². The van der Waals surface area contributed by atoms with Crippen LogP contribution in [0, 0.1) is 6.92 Å². The zero-order valence-electron chi connectivity index (χ0n) is 11.7. The number of hydrogen-bond donors (Lipinski definition) is 0. The Bertz CT molecular complexity index is 992. The van der Waals surface area contributed by atoms with E-state index in [2.05, 4.69) is 0 Å². The highest BCUT2D eigenvalue weighted by Crippen LogP contribution is 2.40. The van der Waals surface area contributed by atoms with Gasteiger partial charge in [0.25, 0.3) is 0 Å².